The molecule has 114 valence electrons. The minimum absolute atomic E-state index is 0.127. The first-order chi connectivity index (χ1) is 9.11. The van der Waals surface area contributed by atoms with E-state index in [0.29, 0.717) is 6.04 Å². The van der Waals surface area contributed by atoms with Crippen molar-refractivity contribution in [3.05, 3.63) is 0 Å². The highest BCUT2D eigenvalue weighted by Crippen LogP contribution is 2.19. The molecule has 2 unspecified atom stereocenters. The fourth-order valence-corrected chi connectivity index (χ4v) is 3.11. The Balaban J connectivity index is 2.46. The lowest BCUT2D eigenvalue weighted by atomic mass is 9.92. The molecule has 0 amide bonds. The lowest BCUT2D eigenvalue weighted by Crippen LogP contribution is -2.51. The van der Waals surface area contributed by atoms with Crippen LogP contribution in [0.1, 0.15) is 65.7 Å². The van der Waals surface area contributed by atoms with Gasteiger partial charge in [0.1, 0.15) is 0 Å². The van der Waals surface area contributed by atoms with Gasteiger partial charge in [-0.2, -0.15) is 0 Å². The van der Waals surface area contributed by atoms with E-state index in [-0.39, 0.29) is 12.1 Å². The van der Waals surface area contributed by atoms with Crippen LogP contribution in [0.25, 0.3) is 0 Å². The van der Waals surface area contributed by atoms with Gasteiger partial charge in [-0.25, -0.2) is 0 Å². The third-order valence-electron chi connectivity index (χ3n) is 4.41. The molecule has 0 aromatic carbocycles. The van der Waals surface area contributed by atoms with Crippen molar-refractivity contribution in [2.45, 2.75) is 77.3 Å². The van der Waals surface area contributed by atoms with Gasteiger partial charge in [-0.15, -0.1) is 0 Å². The Morgan fingerprint density at radius 2 is 1.74 bits per heavy atom. The number of aliphatic hydroxyl groups excluding tert-OH is 1. The Labute approximate surface area is 119 Å². The quantitative estimate of drug-likeness (QED) is 0.747. The molecule has 0 saturated carbocycles. The van der Waals surface area contributed by atoms with Crippen molar-refractivity contribution in [1.29, 1.82) is 0 Å². The van der Waals surface area contributed by atoms with Gasteiger partial charge in [0, 0.05) is 11.6 Å². The fourth-order valence-electron chi connectivity index (χ4n) is 3.11. The number of rotatable bonds is 7. The summed E-state index contributed by atoms with van der Waals surface area (Å²) < 4.78 is 0. The molecule has 2 N–H and O–H groups in total. The van der Waals surface area contributed by atoms with Crippen molar-refractivity contribution in [2.24, 2.45) is 0 Å². The van der Waals surface area contributed by atoms with Crippen LogP contribution >= 0.6 is 0 Å². The minimum Gasteiger partial charge on any atom is -0.394 e. The SMILES string of the molecule is CCCNC(C)(CO)CC(C)N1CCCCCCC1. The molecule has 0 aliphatic carbocycles. The number of nitrogens with one attached hydrogen (secondary N) is 1. The minimum atomic E-state index is -0.127. The molecule has 3 nitrogen and oxygen atoms in total. The molecule has 1 aliphatic heterocycles. The molecule has 1 aliphatic rings. The van der Waals surface area contributed by atoms with E-state index in [2.05, 4.69) is 31.0 Å². The summed E-state index contributed by atoms with van der Waals surface area (Å²) in [7, 11) is 0. The summed E-state index contributed by atoms with van der Waals surface area (Å²) in [5.74, 6) is 0. The molecule has 0 radical (unpaired) electrons. The average Bonchev–Trinajstić information content (AvgIpc) is 2.36. The molecule has 19 heavy (non-hydrogen) atoms. The molecule has 0 aromatic rings. The van der Waals surface area contributed by atoms with Gasteiger partial charge in [-0.1, -0.05) is 26.2 Å². The number of nitrogens with zero attached hydrogens (tertiary/aromatic N) is 1. The standard InChI is InChI=1S/C16H34N2O/c1-4-10-17-16(3,14-19)13-15(2)18-11-8-6-5-7-9-12-18/h15,17,19H,4-14H2,1-3H3. The van der Waals surface area contributed by atoms with Crippen molar-refractivity contribution >= 4 is 0 Å². The summed E-state index contributed by atoms with van der Waals surface area (Å²) in [6, 6.07) is 0.555. The third-order valence-corrected chi connectivity index (χ3v) is 4.41. The average molecular weight is 270 g/mol. The van der Waals surface area contributed by atoms with Crippen molar-refractivity contribution in [3.63, 3.8) is 0 Å². The maximum atomic E-state index is 9.68. The van der Waals surface area contributed by atoms with Crippen LogP contribution in [-0.2, 0) is 0 Å². The van der Waals surface area contributed by atoms with Crippen LogP contribution in [0, 0.1) is 0 Å². The molecule has 3 heteroatoms. The van der Waals surface area contributed by atoms with Crippen LogP contribution in [-0.4, -0.2) is 47.8 Å². The summed E-state index contributed by atoms with van der Waals surface area (Å²) in [5, 5.41) is 13.2. The molecule has 0 spiro atoms. The van der Waals surface area contributed by atoms with Crippen molar-refractivity contribution in [3.8, 4) is 0 Å². The summed E-state index contributed by atoms with van der Waals surface area (Å²) in [4.78, 5) is 2.63. The van der Waals surface area contributed by atoms with Gasteiger partial charge in [0.05, 0.1) is 6.61 Å². The van der Waals surface area contributed by atoms with Crippen LogP contribution < -0.4 is 5.32 Å². The summed E-state index contributed by atoms with van der Waals surface area (Å²) in [6.07, 6.45) is 9.00. The van der Waals surface area contributed by atoms with Gasteiger partial charge in [0.15, 0.2) is 0 Å². The lowest BCUT2D eigenvalue weighted by Gasteiger charge is -2.37. The molecule has 1 fully saturated rings. The van der Waals surface area contributed by atoms with Gasteiger partial charge in [0.2, 0.25) is 0 Å². The second kappa shape index (κ2) is 8.93. The highest BCUT2D eigenvalue weighted by molar-refractivity contribution is 4.87. The Kier molecular flexibility index (Phi) is 7.96. The predicted octanol–water partition coefficient (Wildman–Crippen LogP) is 2.78. The lowest BCUT2D eigenvalue weighted by molar-refractivity contribution is 0.109. The van der Waals surface area contributed by atoms with E-state index in [9.17, 15) is 5.11 Å². The normalized spacial score (nSPS) is 23.4. The van der Waals surface area contributed by atoms with E-state index in [4.69, 9.17) is 0 Å². The summed E-state index contributed by atoms with van der Waals surface area (Å²) >= 11 is 0. The van der Waals surface area contributed by atoms with Gasteiger partial charge < -0.3 is 15.3 Å². The molecule has 1 heterocycles. The second-order valence-electron chi connectivity index (χ2n) is 6.50. The first kappa shape index (κ1) is 16.9. The Morgan fingerprint density at radius 1 is 1.16 bits per heavy atom. The highest BCUT2D eigenvalue weighted by atomic mass is 16.3. The van der Waals surface area contributed by atoms with E-state index in [0.717, 1.165) is 19.4 Å². The van der Waals surface area contributed by atoms with Crippen LogP contribution in [0.15, 0.2) is 0 Å². The Morgan fingerprint density at radius 3 is 2.26 bits per heavy atom. The zero-order valence-electron chi connectivity index (χ0n) is 13.2. The Bertz CT molecular complexity index is 227. The Hall–Kier alpha value is -0.120. The predicted molar refractivity (Wildman–Crippen MR) is 82.5 cm³/mol. The van der Waals surface area contributed by atoms with Crippen LogP contribution in [0.5, 0.6) is 0 Å². The van der Waals surface area contributed by atoms with Crippen molar-refractivity contribution in [2.75, 3.05) is 26.2 Å². The number of aliphatic hydroxyl groups is 1. The largest absolute Gasteiger partial charge is 0.394 e. The molecule has 1 saturated heterocycles. The molecule has 0 aromatic heterocycles. The van der Waals surface area contributed by atoms with E-state index in [1.54, 1.807) is 0 Å². The zero-order valence-corrected chi connectivity index (χ0v) is 13.2. The van der Waals surface area contributed by atoms with E-state index in [1.165, 1.54) is 45.2 Å². The number of hydrogen-bond acceptors (Lipinski definition) is 3. The summed E-state index contributed by atoms with van der Waals surface area (Å²) in [6.45, 7) is 10.3. The molecular weight excluding hydrogens is 236 g/mol. The molecule has 0 bridgehead atoms. The van der Waals surface area contributed by atoms with Gasteiger partial charge in [-0.3, -0.25) is 0 Å². The smallest absolute Gasteiger partial charge is 0.0611 e. The van der Waals surface area contributed by atoms with Crippen molar-refractivity contribution < 1.29 is 5.11 Å². The first-order valence-electron chi connectivity index (χ1n) is 8.21. The maximum Gasteiger partial charge on any atom is 0.0611 e. The maximum absolute atomic E-state index is 9.68. The third kappa shape index (κ3) is 6.24. The molecular formula is C16H34N2O. The fraction of sp³-hybridized carbons (Fsp3) is 1.00. The highest BCUT2D eigenvalue weighted by Gasteiger charge is 2.27. The van der Waals surface area contributed by atoms with E-state index >= 15 is 0 Å². The van der Waals surface area contributed by atoms with Gasteiger partial charge in [0.25, 0.3) is 0 Å². The topological polar surface area (TPSA) is 35.5 Å². The second-order valence-corrected chi connectivity index (χ2v) is 6.50. The van der Waals surface area contributed by atoms with Crippen LogP contribution in [0.4, 0.5) is 0 Å². The van der Waals surface area contributed by atoms with E-state index < -0.39 is 0 Å². The monoisotopic (exact) mass is 270 g/mol. The first-order valence-corrected chi connectivity index (χ1v) is 8.21. The molecule has 2 atom stereocenters. The van der Waals surface area contributed by atoms with Gasteiger partial charge >= 0.3 is 0 Å². The number of likely N-dealkylation sites (tertiary alicyclic amines) is 1. The van der Waals surface area contributed by atoms with Crippen LogP contribution in [0.2, 0.25) is 0 Å². The number of hydrogen-bond donors (Lipinski definition) is 2. The van der Waals surface area contributed by atoms with E-state index in [1.807, 2.05) is 0 Å². The molecule has 1 rings (SSSR count). The van der Waals surface area contributed by atoms with Crippen LogP contribution in [0.3, 0.4) is 0 Å². The van der Waals surface area contributed by atoms with Gasteiger partial charge in [-0.05, 0) is 59.2 Å². The zero-order chi connectivity index (χ0) is 14.1. The van der Waals surface area contributed by atoms with Crippen molar-refractivity contribution in [1.82, 2.24) is 10.2 Å². The summed E-state index contributed by atoms with van der Waals surface area (Å²) in [5.41, 5.74) is -0.127.